The Labute approximate surface area is 126 Å². The Balaban J connectivity index is 1.85. The first-order chi connectivity index (χ1) is 9.13. The first-order valence-corrected chi connectivity index (χ1v) is 7.24. The first kappa shape index (κ1) is 13.3. The van der Waals surface area contributed by atoms with E-state index in [1.54, 1.807) is 12.1 Å². The van der Waals surface area contributed by atoms with Crippen LogP contribution in [0.1, 0.15) is 18.6 Å². The van der Waals surface area contributed by atoms with Gasteiger partial charge in [-0.2, -0.15) is 0 Å². The van der Waals surface area contributed by atoms with Gasteiger partial charge in [-0.05, 0) is 37.1 Å². The summed E-state index contributed by atoms with van der Waals surface area (Å²) < 4.78 is 5.77. The smallest absolute Gasteiger partial charge is 0.137 e. The quantitative estimate of drug-likeness (QED) is 0.843. The highest BCUT2D eigenvalue weighted by molar-refractivity contribution is 6.41. The molecule has 1 aliphatic carbocycles. The van der Waals surface area contributed by atoms with Gasteiger partial charge in [0.05, 0.1) is 22.2 Å². The third-order valence-electron chi connectivity index (χ3n) is 3.06. The fraction of sp³-hybridized carbons (Fsp3) is 0.286. The van der Waals surface area contributed by atoms with Crippen LogP contribution < -0.4 is 5.32 Å². The Hall–Kier alpha value is -0.670. The molecular formula is C14H12Cl3NO. The molecule has 0 atom stereocenters. The van der Waals surface area contributed by atoms with E-state index in [0.717, 1.165) is 12.3 Å². The molecule has 0 amide bonds. The number of rotatable bonds is 4. The molecule has 0 saturated heterocycles. The summed E-state index contributed by atoms with van der Waals surface area (Å²) in [5.74, 6) is 1.54. The van der Waals surface area contributed by atoms with Crippen molar-refractivity contribution >= 4 is 34.8 Å². The zero-order chi connectivity index (χ0) is 13.4. The minimum absolute atomic E-state index is 0.494. The Bertz CT molecular complexity index is 581. The molecule has 0 aliphatic heterocycles. The third-order valence-corrected chi connectivity index (χ3v) is 3.87. The van der Waals surface area contributed by atoms with Crippen LogP contribution in [0.5, 0.6) is 0 Å². The fourth-order valence-corrected chi connectivity index (χ4v) is 2.92. The van der Waals surface area contributed by atoms with Crippen molar-refractivity contribution in [1.82, 2.24) is 5.32 Å². The molecule has 0 spiro atoms. The van der Waals surface area contributed by atoms with E-state index in [9.17, 15) is 0 Å². The molecular weight excluding hydrogens is 305 g/mol. The minimum Gasteiger partial charge on any atom is -0.460 e. The lowest BCUT2D eigenvalue weighted by Gasteiger charge is -2.05. The molecule has 1 aromatic carbocycles. The van der Waals surface area contributed by atoms with E-state index in [-0.39, 0.29) is 0 Å². The molecule has 0 bridgehead atoms. The Morgan fingerprint density at radius 2 is 1.79 bits per heavy atom. The Morgan fingerprint density at radius 1 is 1.11 bits per heavy atom. The molecule has 0 radical (unpaired) electrons. The maximum atomic E-state index is 6.17. The minimum atomic E-state index is 0.494. The van der Waals surface area contributed by atoms with Crippen molar-refractivity contribution in [3.05, 3.63) is 45.1 Å². The zero-order valence-corrected chi connectivity index (χ0v) is 12.3. The maximum absolute atomic E-state index is 6.17. The molecule has 100 valence electrons. The predicted octanol–water partition coefficient (Wildman–Crippen LogP) is 5.16. The van der Waals surface area contributed by atoms with Crippen molar-refractivity contribution in [2.24, 2.45) is 0 Å². The van der Waals surface area contributed by atoms with E-state index in [4.69, 9.17) is 39.2 Å². The largest absolute Gasteiger partial charge is 0.460 e. The number of furan rings is 1. The predicted molar refractivity (Wildman–Crippen MR) is 79.0 cm³/mol. The summed E-state index contributed by atoms with van der Waals surface area (Å²) in [6.45, 7) is 0.730. The van der Waals surface area contributed by atoms with E-state index >= 15 is 0 Å². The van der Waals surface area contributed by atoms with E-state index in [0.29, 0.717) is 32.4 Å². The molecule has 2 aromatic rings. The highest BCUT2D eigenvalue weighted by Crippen LogP contribution is 2.38. The molecule has 1 heterocycles. The average Bonchev–Trinajstić information content (AvgIpc) is 3.05. The van der Waals surface area contributed by atoms with Gasteiger partial charge < -0.3 is 9.73 Å². The van der Waals surface area contributed by atoms with Crippen molar-refractivity contribution in [3.8, 4) is 11.3 Å². The van der Waals surface area contributed by atoms with Gasteiger partial charge in [-0.25, -0.2) is 0 Å². The van der Waals surface area contributed by atoms with Crippen LogP contribution in [0.2, 0.25) is 15.1 Å². The normalized spacial score (nSPS) is 14.9. The first-order valence-electron chi connectivity index (χ1n) is 6.10. The summed E-state index contributed by atoms with van der Waals surface area (Å²) in [5.41, 5.74) is 0.686. The maximum Gasteiger partial charge on any atom is 0.137 e. The summed E-state index contributed by atoms with van der Waals surface area (Å²) in [5, 5.41) is 4.90. The highest BCUT2D eigenvalue weighted by atomic mass is 35.5. The van der Waals surface area contributed by atoms with Gasteiger partial charge in [-0.3, -0.25) is 0 Å². The molecule has 1 aliphatic rings. The lowest BCUT2D eigenvalue weighted by atomic mass is 10.2. The second-order valence-electron chi connectivity index (χ2n) is 4.67. The van der Waals surface area contributed by atoms with Crippen LogP contribution in [-0.2, 0) is 6.54 Å². The van der Waals surface area contributed by atoms with Gasteiger partial charge in [0.25, 0.3) is 0 Å². The standard InChI is InChI=1S/C14H12Cl3NO/c15-8-5-11(16)14(12(17)6-8)13-4-3-10(19-13)7-18-9-1-2-9/h3-6,9,18H,1-2,7H2. The van der Waals surface area contributed by atoms with E-state index < -0.39 is 0 Å². The van der Waals surface area contributed by atoms with Crippen molar-refractivity contribution in [1.29, 1.82) is 0 Å². The van der Waals surface area contributed by atoms with Gasteiger partial charge in [0.2, 0.25) is 0 Å². The Morgan fingerprint density at radius 3 is 2.42 bits per heavy atom. The number of benzene rings is 1. The Kier molecular flexibility index (Phi) is 3.77. The van der Waals surface area contributed by atoms with E-state index in [2.05, 4.69) is 5.32 Å². The molecule has 3 rings (SSSR count). The van der Waals surface area contributed by atoms with Gasteiger partial charge in [-0.1, -0.05) is 34.8 Å². The molecule has 1 aromatic heterocycles. The number of halogens is 3. The van der Waals surface area contributed by atoms with Gasteiger partial charge >= 0.3 is 0 Å². The van der Waals surface area contributed by atoms with Crippen LogP contribution in [0.15, 0.2) is 28.7 Å². The van der Waals surface area contributed by atoms with Crippen LogP contribution in [0, 0.1) is 0 Å². The van der Waals surface area contributed by atoms with Gasteiger partial charge in [0, 0.05) is 11.1 Å². The van der Waals surface area contributed by atoms with Crippen molar-refractivity contribution in [3.63, 3.8) is 0 Å². The fourth-order valence-electron chi connectivity index (χ4n) is 1.92. The monoisotopic (exact) mass is 315 g/mol. The molecule has 1 saturated carbocycles. The van der Waals surface area contributed by atoms with Gasteiger partial charge in [0.15, 0.2) is 0 Å². The van der Waals surface area contributed by atoms with Crippen LogP contribution in [-0.4, -0.2) is 6.04 Å². The zero-order valence-electron chi connectivity index (χ0n) is 10.1. The van der Waals surface area contributed by atoms with Crippen LogP contribution >= 0.6 is 34.8 Å². The van der Waals surface area contributed by atoms with Crippen LogP contribution in [0.4, 0.5) is 0 Å². The summed E-state index contributed by atoms with van der Waals surface area (Å²) in [6, 6.07) is 7.79. The second kappa shape index (κ2) is 5.37. The van der Waals surface area contributed by atoms with Gasteiger partial charge in [0.1, 0.15) is 11.5 Å². The molecule has 19 heavy (non-hydrogen) atoms. The molecule has 1 N–H and O–H groups in total. The highest BCUT2D eigenvalue weighted by Gasteiger charge is 2.21. The third kappa shape index (κ3) is 3.09. The SMILES string of the molecule is Clc1cc(Cl)c(-c2ccc(CNC3CC3)o2)c(Cl)c1. The topological polar surface area (TPSA) is 25.2 Å². The molecule has 2 nitrogen and oxygen atoms in total. The average molecular weight is 317 g/mol. The lowest BCUT2D eigenvalue weighted by molar-refractivity contribution is 0.492. The van der Waals surface area contributed by atoms with Crippen molar-refractivity contribution in [2.75, 3.05) is 0 Å². The number of hydrogen-bond acceptors (Lipinski definition) is 2. The van der Waals surface area contributed by atoms with Crippen molar-refractivity contribution in [2.45, 2.75) is 25.4 Å². The summed E-state index contributed by atoms with van der Waals surface area (Å²) in [4.78, 5) is 0. The second-order valence-corrected chi connectivity index (χ2v) is 5.92. The molecule has 1 fully saturated rings. The summed E-state index contributed by atoms with van der Waals surface area (Å²) in [6.07, 6.45) is 2.50. The van der Waals surface area contributed by atoms with Crippen molar-refractivity contribution < 1.29 is 4.42 Å². The molecule has 0 unspecified atom stereocenters. The van der Waals surface area contributed by atoms with E-state index in [1.807, 2.05) is 12.1 Å². The molecule has 5 heteroatoms. The summed E-state index contributed by atoms with van der Waals surface area (Å²) in [7, 11) is 0. The van der Waals surface area contributed by atoms with E-state index in [1.165, 1.54) is 12.8 Å². The number of nitrogens with one attached hydrogen (secondary N) is 1. The summed E-state index contributed by atoms with van der Waals surface area (Å²) >= 11 is 18.2. The lowest BCUT2D eigenvalue weighted by Crippen LogP contribution is -2.14. The van der Waals surface area contributed by atoms with Crippen LogP contribution in [0.3, 0.4) is 0 Å². The van der Waals surface area contributed by atoms with Gasteiger partial charge in [-0.15, -0.1) is 0 Å². The van der Waals surface area contributed by atoms with Crippen LogP contribution in [0.25, 0.3) is 11.3 Å². The number of hydrogen-bond donors (Lipinski definition) is 1.